The molecule has 1 aromatic rings. The van der Waals surface area contributed by atoms with Gasteiger partial charge < -0.3 is 15.3 Å². The van der Waals surface area contributed by atoms with Crippen LogP contribution in [-0.2, 0) is 4.79 Å². The van der Waals surface area contributed by atoms with E-state index in [0.717, 1.165) is 31.2 Å². The second-order valence-electron chi connectivity index (χ2n) is 5.41. The van der Waals surface area contributed by atoms with Crippen molar-refractivity contribution in [1.29, 1.82) is 0 Å². The van der Waals surface area contributed by atoms with E-state index < -0.39 is 5.97 Å². The van der Waals surface area contributed by atoms with Crippen LogP contribution in [-0.4, -0.2) is 39.6 Å². The third-order valence-electron chi connectivity index (χ3n) is 3.88. The Bertz CT molecular complexity index is 486. The number of aromatic nitrogens is 1. The van der Waals surface area contributed by atoms with Crippen LogP contribution in [0.3, 0.4) is 0 Å². The van der Waals surface area contributed by atoms with Gasteiger partial charge in [0, 0.05) is 18.4 Å². The maximum atomic E-state index is 12.4. The van der Waals surface area contributed by atoms with Gasteiger partial charge in [0.15, 0.2) is 0 Å². The first kappa shape index (κ1) is 15.3. The molecule has 1 saturated carbocycles. The fourth-order valence-electron chi connectivity index (χ4n) is 2.73. The number of amides is 2. The van der Waals surface area contributed by atoms with Gasteiger partial charge in [0.1, 0.15) is 6.54 Å². The van der Waals surface area contributed by atoms with Gasteiger partial charge >= 0.3 is 12.0 Å². The number of pyridine rings is 1. The summed E-state index contributed by atoms with van der Waals surface area (Å²) in [6.07, 6.45) is 7.20. The minimum Gasteiger partial charge on any atom is -0.480 e. The number of carbonyl (C=O) groups excluding carboxylic acids is 1. The first-order chi connectivity index (χ1) is 10.1. The standard InChI is InChI=1S/C15H21N3O3/c1-11(12-6-8-16-9-7-12)17-15(21)18(10-14(19)20)13-4-2-3-5-13/h6-9,11,13H,2-5,10H2,1H3,(H,17,21)(H,19,20). The van der Waals surface area contributed by atoms with E-state index in [2.05, 4.69) is 10.3 Å². The van der Waals surface area contributed by atoms with Gasteiger partial charge in [-0.1, -0.05) is 12.8 Å². The largest absolute Gasteiger partial charge is 0.480 e. The Hall–Kier alpha value is -2.11. The molecule has 1 aromatic heterocycles. The average molecular weight is 291 g/mol. The van der Waals surface area contributed by atoms with E-state index in [-0.39, 0.29) is 24.7 Å². The number of carboxylic acid groups (broad SMARTS) is 1. The van der Waals surface area contributed by atoms with Crippen LogP contribution in [0.5, 0.6) is 0 Å². The van der Waals surface area contributed by atoms with Crippen LogP contribution in [0.4, 0.5) is 4.79 Å². The molecular formula is C15H21N3O3. The molecule has 0 aromatic carbocycles. The minimum atomic E-state index is -0.978. The minimum absolute atomic E-state index is 0.0331. The molecule has 0 bridgehead atoms. The molecule has 2 amide bonds. The van der Waals surface area contributed by atoms with Gasteiger partial charge in [0.2, 0.25) is 0 Å². The summed E-state index contributed by atoms with van der Waals surface area (Å²) in [4.78, 5) is 28.8. The number of urea groups is 1. The second kappa shape index (κ2) is 7.06. The van der Waals surface area contributed by atoms with Gasteiger partial charge in [-0.3, -0.25) is 9.78 Å². The van der Waals surface area contributed by atoms with Gasteiger partial charge in [-0.15, -0.1) is 0 Å². The molecule has 6 heteroatoms. The summed E-state index contributed by atoms with van der Waals surface area (Å²) in [5, 5.41) is 11.9. The quantitative estimate of drug-likeness (QED) is 0.871. The van der Waals surface area contributed by atoms with Crippen molar-refractivity contribution in [2.75, 3.05) is 6.54 Å². The van der Waals surface area contributed by atoms with Gasteiger partial charge in [0.25, 0.3) is 0 Å². The number of carbonyl (C=O) groups is 2. The van der Waals surface area contributed by atoms with E-state index in [1.54, 1.807) is 12.4 Å². The third kappa shape index (κ3) is 4.18. The summed E-state index contributed by atoms with van der Waals surface area (Å²) < 4.78 is 0. The average Bonchev–Trinajstić information content (AvgIpc) is 2.99. The predicted octanol–water partition coefficient (Wildman–Crippen LogP) is 2.18. The Balaban J connectivity index is 2.02. The van der Waals surface area contributed by atoms with E-state index in [1.807, 2.05) is 19.1 Å². The van der Waals surface area contributed by atoms with Gasteiger partial charge in [-0.2, -0.15) is 0 Å². The molecule has 2 N–H and O–H groups in total. The maximum absolute atomic E-state index is 12.4. The molecule has 0 spiro atoms. The maximum Gasteiger partial charge on any atom is 0.323 e. The van der Waals surface area contributed by atoms with Gasteiger partial charge in [-0.05, 0) is 37.5 Å². The summed E-state index contributed by atoms with van der Waals surface area (Å²) >= 11 is 0. The lowest BCUT2D eigenvalue weighted by Gasteiger charge is -2.29. The van der Waals surface area contributed by atoms with Crippen molar-refractivity contribution in [2.45, 2.75) is 44.7 Å². The first-order valence-corrected chi connectivity index (χ1v) is 7.27. The van der Waals surface area contributed by atoms with Gasteiger partial charge in [0.05, 0.1) is 6.04 Å². The molecule has 1 fully saturated rings. The van der Waals surface area contributed by atoms with Crippen LogP contribution in [0.1, 0.15) is 44.2 Å². The van der Waals surface area contributed by atoms with Crippen molar-refractivity contribution in [3.8, 4) is 0 Å². The molecule has 0 radical (unpaired) electrons. The Morgan fingerprint density at radius 2 is 2.00 bits per heavy atom. The molecule has 1 atom stereocenters. The molecule has 6 nitrogen and oxygen atoms in total. The van der Waals surface area contributed by atoms with E-state index in [0.29, 0.717) is 0 Å². The van der Waals surface area contributed by atoms with Crippen molar-refractivity contribution >= 4 is 12.0 Å². The number of hydrogen-bond acceptors (Lipinski definition) is 3. The monoisotopic (exact) mass is 291 g/mol. The van der Waals surface area contributed by atoms with Crippen molar-refractivity contribution in [3.05, 3.63) is 30.1 Å². The highest BCUT2D eigenvalue weighted by Crippen LogP contribution is 2.24. The topological polar surface area (TPSA) is 82.5 Å². The highest BCUT2D eigenvalue weighted by molar-refractivity contribution is 5.80. The zero-order valence-electron chi connectivity index (χ0n) is 12.2. The predicted molar refractivity (Wildman–Crippen MR) is 77.8 cm³/mol. The van der Waals surface area contributed by atoms with Crippen LogP contribution in [0, 0.1) is 0 Å². The summed E-state index contributed by atoms with van der Waals surface area (Å²) in [6, 6.07) is 3.21. The van der Waals surface area contributed by atoms with E-state index in [1.165, 1.54) is 4.90 Å². The smallest absolute Gasteiger partial charge is 0.323 e. The fraction of sp³-hybridized carbons (Fsp3) is 0.533. The zero-order valence-corrected chi connectivity index (χ0v) is 12.2. The summed E-state index contributed by atoms with van der Waals surface area (Å²) in [5.41, 5.74) is 0.944. The molecule has 114 valence electrons. The Morgan fingerprint density at radius 3 is 2.57 bits per heavy atom. The highest BCUT2D eigenvalue weighted by atomic mass is 16.4. The summed E-state index contributed by atoms with van der Waals surface area (Å²) in [5.74, 6) is -0.978. The van der Waals surface area contributed by atoms with Crippen LogP contribution >= 0.6 is 0 Å². The SMILES string of the molecule is CC(NC(=O)N(CC(=O)O)C1CCCC1)c1ccncc1. The lowest BCUT2D eigenvalue weighted by atomic mass is 10.1. The van der Waals surface area contributed by atoms with Gasteiger partial charge in [-0.25, -0.2) is 4.79 Å². The lowest BCUT2D eigenvalue weighted by molar-refractivity contribution is -0.138. The lowest BCUT2D eigenvalue weighted by Crippen LogP contribution is -2.48. The Morgan fingerprint density at radius 1 is 1.38 bits per heavy atom. The Labute approximate surface area is 124 Å². The first-order valence-electron chi connectivity index (χ1n) is 7.27. The van der Waals surface area contributed by atoms with Crippen molar-refractivity contribution < 1.29 is 14.7 Å². The van der Waals surface area contributed by atoms with Crippen LogP contribution in [0.15, 0.2) is 24.5 Å². The van der Waals surface area contributed by atoms with Crippen LogP contribution in [0.2, 0.25) is 0 Å². The summed E-state index contributed by atoms with van der Waals surface area (Å²) in [7, 11) is 0. The zero-order chi connectivity index (χ0) is 15.2. The molecule has 21 heavy (non-hydrogen) atoms. The number of nitrogens with one attached hydrogen (secondary N) is 1. The molecule has 1 aliphatic carbocycles. The van der Waals surface area contributed by atoms with Crippen molar-refractivity contribution in [2.24, 2.45) is 0 Å². The van der Waals surface area contributed by atoms with E-state index in [4.69, 9.17) is 5.11 Å². The van der Waals surface area contributed by atoms with Crippen molar-refractivity contribution in [3.63, 3.8) is 0 Å². The summed E-state index contributed by atoms with van der Waals surface area (Å²) in [6.45, 7) is 1.63. The Kier molecular flexibility index (Phi) is 5.14. The molecule has 1 heterocycles. The fourth-order valence-corrected chi connectivity index (χ4v) is 2.73. The molecular weight excluding hydrogens is 270 g/mol. The number of aliphatic carboxylic acids is 1. The third-order valence-corrected chi connectivity index (χ3v) is 3.88. The van der Waals surface area contributed by atoms with E-state index in [9.17, 15) is 9.59 Å². The number of carboxylic acids is 1. The molecule has 0 aliphatic heterocycles. The highest BCUT2D eigenvalue weighted by Gasteiger charge is 2.29. The van der Waals surface area contributed by atoms with Crippen molar-refractivity contribution in [1.82, 2.24) is 15.2 Å². The number of hydrogen-bond donors (Lipinski definition) is 2. The molecule has 1 aliphatic rings. The number of nitrogens with zero attached hydrogens (tertiary/aromatic N) is 2. The van der Waals surface area contributed by atoms with E-state index >= 15 is 0 Å². The number of rotatable bonds is 5. The molecule has 1 unspecified atom stereocenters. The van der Waals surface area contributed by atoms with Crippen LogP contribution in [0.25, 0.3) is 0 Å². The second-order valence-corrected chi connectivity index (χ2v) is 5.41. The van der Waals surface area contributed by atoms with Crippen LogP contribution < -0.4 is 5.32 Å². The molecule has 2 rings (SSSR count). The molecule has 0 saturated heterocycles. The normalized spacial score (nSPS) is 16.4.